The van der Waals surface area contributed by atoms with Crippen molar-refractivity contribution in [3.05, 3.63) is 18.1 Å². The van der Waals surface area contributed by atoms with Gasteiger partial charge in [-0.05, 0) is 6.92 Å². The zero-order valence-electron chi connectivity index (χ0n) is 9.41. The van der Waals surface area contributed by atoms with E-state index in [2.05, 4.69) is 9.97 Å². The number of ether oxygens (including phenoxy) is 1. The highest BCUT2D eigenvalue weighted by atomic mass is 16.5. The monoisotopic (exact) mass is 253 g/mol. The van der Waals surface area contributed by atoms with Crippen LogP contribution in [-0.4, -0.2) is 34.0 Å². The Morgan fingerprint density at radius 3 is 2.50 bits per heavy atom. The number of hydrogen-bond donors (Lipinski definition) is 3. The molecule has 0 aromatic carbocycles. The lowest BCUT2D eigenvalue weighted by Crippen LogP contribution is -2.42. The standard InChI is InChI=1S/C9H11N5O4/c1-4(7(15)14-9(11)17)18-8(16)5-6(10)13-3-2-12-5/h2-4H,1H3,(H2,10,13)(H3,11,14,15,17)/t4-/m0/s1. The number of rotatable bonds is 3. The summed E-state index contributed by atoms with van der Waals surface area (Å²) in [6.07, 6.45) is 1.34. The van der Waals surface area contributed by atoms with E-state index in [1.165, 1.54) is 19.3 Å². The molecule has 9 nitrogen and oxygen atoms in total. The van der Waals surface area contributed by atoms with Gasteiger partial charge in [0.05, 0.1) is 0 Å². The van der Waals surface area contributed by atoms with Gasteiger partial charge in [0.2, 0.25) is 0 Å². The highest BCUT2D eigenvalue weighted by molar-refractivity contribution is 5.98. The van der Waals surface area contributed by atoms with Crippen LogP contribution >= 0.6 is 0 Å². The van der Waals surface area contributed by atoms with Crippen molar-refractivity contribution in [1.29, 1.82) is 0 Å². The highest BCUT2D eigenvalue weighted by Gasteiger charge is 2.22. The SMILES string of the molecule is C[C@H](OC(=O)c1nccnc1N)C(=O)NC(N)=O. The average Bonchev–Trinajstić information content (AvgIpc) is 2.28. The second-order valence-electron chi connectivity index (χ2n) is 3.19. The van der Waals surface area contributed by atoms with Crippen LogP contribution in [0.15, 0.2) is 12.4 Å². The lowest BCUT2D eigenvalue weighted by atomic mass is 10.3. The smallest absolute Gasteiger partial charge is 0.361 e. The summed E-state index contributed by atoms with van der Waals surface area (Å²) in [4.78, 5) is 40.6. The van der Waals surface area contributed by atoms with Gasteiger partial charge in [0, 0.05) is 12.4 Å². The fourth-order valence-corrected chi connectivity index (χ4v) is 0.999. The number of urea groups is 1. The molecule has 0 aliphatic rings. The topological polar surface area (TPSA) is 150 Å². The maximum absolute atomic E-state index is 11.6. The zero-order chi connectivity index (χ0) is 13.7. The first-order valence-corrected chi connectivity index (χ1v) is 4.79. The summed E-state index contributed by atoms with van der Waals surface area (Å²) in [6.45, 7) is 1.27. The van der Waals surface area contributed by atoms with Gasteiger partial charge in [-0.15, -0.1) is 0 Å². The van der Waals surface area contributed by atoms with Gasteiger partial charge in [-0.3, -0.25) is 10.1 Å². The van der Waals surface area contributed by atoms with E-state index in [0.29, 0.717) is 0 Å². The quantitative estimate of drug-likeness (QED) is 0.572. The predicted molar refractivity (Wildman–Crippen MR) is 59.0 cm³/mol. The van der Waals surface area contributed by atoms with Crippen molar-refractivity contribution in [3.63, 3.8) is 0 Å². The molecule has 96 valence electrons. The van der Waals surface area contributed by atoms with Crippen LogP contribution in [0.3, 0.4) is 0 Å². The summed E-state index contributed by atoms with van der Waals surface area (Å²) in [6, 6.07) is -1.04. The number of nitrogens with zero attached hydrogens (tertiary/aromatic N) is 2. The number of hydrogen-bond acceptors (Lipinski definition) is 7. The summed E-state index contributed by atoms with van der Waals surface area (Å²) in [5.74, 6) is -1.89. The minimum atomic E-state index is -1.22. The Morgan fingerprint density at radius 1 is 1.33 bits per heavy atom. The molecule has 5 N–H and O–H groups in total. The molecule has 0 radical (unpaired) electrons. The molecule has 0 bridgehead atoms. The maximum Gasteiger partial charge on any atom is 0.361 e. The van der Waals surface area contributed by atoms with Crippen LogP contribution < -0.4 is 16.8 Å². The third-order valence-corrected chi connectivity index (χ3v) is 1.82. The number of carbonyl (C=O) groups excluding carboxylic acids is 3. The highest BCUT2D eigenvalue weighted by Crippen LogP contribution is 2.06. The molecular formula is C9H11N5O4. The van der Waals surface area contributed by atoms with Gasteiger partial charge >= 0.3 is 12.0 Å². The number of esters is 1. The number of anilines is 1. The number of nitrogens with one attached hydrogen (secondary N) is 1. The van der Waals surface area contributed by atoms with E-state index in [9.17, 15) is 14.4 Å². The molecule has 9 heteroatoms. The summed E-state index contributed by atoms with van der Waals surface area (Å²) >= 11 is 0. The van der Waals surface area contributed by atoms with Crippen LogP contribution in [0.2, 0.25) is 0 Å². The third kappa shape index (κ3) is 3.40. The molecule has 0 aliphatic carbocycles. The number of nitrogens with two attached hydrogens (primary N) is 2. The molecule has 0 spiro atoms. The van der Waals surface area contributed by atoms with Gasteiger partial charge in [-0.2, -0.15) is 0 Å². The van der Waals surface area contributed by atoms with E-state index in [1.807, 2.05) is 0 Å². The fraction of sp³-hybridized carbons (Fsp3) is 0.222. The van der Waals surface area contributed by atoms with Crippen LogP contribution in [0, 0.1) is 0 Å². The Labute approximate surface area is 102 Å². The molecule has 0 saturated heterocycles. The summed E-state index contributed by atoms with van der Waals surface area (Å²) in [5.41, 5.74) is 9.94. The van der Waals surface area contributed by atoms with Gasteiger partial charge in [0.25, 0.3) is 5.91 Å². The molecule has 0 fully saturated rings. The Morgan fingerprint density at radius 2 is 1.94 bits per heavy atom. The van der Waals surface area contributed by atoms with E-state index >= 15 is 0 Å². The first kappa shape index (κ1) is 13.4. The maximum atomic E-state index is 11.6. The molecule has 0 saturated carbocycles. The molecule has 1 heterocycles. The number of nitrogen functional groups attached to an aromatic ring is 1. The van der Waals surface area contributed by atoms with Crippen molar-refractivity contribution in [2.75, 3.05) is 5.73 Å². The van der Waals surface area contributed by atoms with Crippen molar-refractivity contribution in [1.82, 2.24) is 15.3 Å². The number of amides is 3. The van der Waals surface area contributed by atoms with E-state index in [0.717, 1.165) is 0 Å². The van der Waals surface area contributed by atoms with Crippen molar-refractivity contribution in [3.8, 4) is 0 Å². The molecule has 1 aromatic heterocycles. The van der Waals surface area contributed by atoms with E-state index < -0.39 is 24.0 Å². The number of imide groups is 1. The lowest BCUT2D eigenvalue weighted by Gasteiger charge is -2.11. The Balaban J connectivity index is 2.68. The van der Waals surface area contributed by atoms with Gasteiger partial charge in [0.15, 0.2) is 17.6 Å². The lowest BCUT2D eigenvalue weighted by molar-refractivity contribution is -0.127. The predicted octanol–water partition coefficient (Wildman–Crippen LogP) is -1.20. The minimum absolute atomic E-state index is 0.120. The van der Waals surface area contributed by atoms with Crippen LogP contribution in [0.25, 0.3) is 0 Å². The molecule has 1 rings (SSSR count). The van der Waals surface area contributed by atoms with E-state index in [-0.39, 0.29) is 11.5 Å². The average molecular weight is 253 g/mol. The van der Waals surface area contributed by atoms with Gasteiger partial charge in [-0.25, -0.2) is 19.6 Å². The largest absolute Gasteiger partial charge is 0.448 e. The number of aromatic nitrogens is 2. The third-order valence-electron chi connectivity index (χ3n) is 1.82. The summed E-state index contributed by atoms with van der Waals surface area (Å²) in [7, 11) is 0. The van der Waals surface area contributed by atoms with Crippen molar-refractivity contribution < 1.29 is 19.1 Å². The van der Waals surface area contributed by atoms with Crippen molar-refractivity contribution >= 4 is 23.7 Å². The molecule has 18 heavy (non-hydrogen) atoms. The van der Waals surface area contributed by atoms with Gasteiger partial charge in [0.1, 0.15) is 0 Å². The fourth-order valence-electron chi connectivity index (χ4n) is 0.999. The minimum Gasteiger partial charge on any atom is -0.448 e. The first-order valence-electron chi connectivity index (χ1n) is 4.79. The summed E-state index contributed by atoms with van der Waals surface area (Å²) < 4.78 is 4.74. The Bertz CT molecular complexity index is 490. The van der Waals surface area contributed by atoms with E-state index in [1.54, 1.807) is 5.32 Å². The van der Waals surface area contributed by atoms with Gasteiger partial charge < -0.3 is 16.2 Å². The number of carbonyl (C=O) groups is 3. The zero-order valence-corrected chi connectivity index (χ0v) is 9.41. The van der Waals surface area contributed by atoms with Gasteiger partial charge in [-0.1, -0.05) is 0 Å². The first-order chi connectivity index (χ1) is 8.41. The van der Waals surface area contributed by atoms with Crippen LogP contribution in [0.4, 0.5) is 10.6 Å². The van der Waals surface area contributed by atoms with Crippen LogP contribution in [-0.2, 0) is 9.53 Å². The number of primary amides is 1. The Hall–Kier alpha value is -2.71. The van der Waals surface area contributed by atoms with Crippen LogP contribution in [0.5, 0.6) is 0 Å². The normalized spacial score (nSPS) is 11.4. The van der Waals surface area contributed by atoms with Crippen molar-refractivity contribution in [2.24, 2.45) is 5.73 Å². The summed E-state index contributed by atoms with van der Waals surface area (Å²) in [5, 5.41) is 1.77. The van der Waals surface area contributed by atoms with Crippen molar-refractivity contribution in [2.45, 2.75) is 13.0 Å². The van der Waals surface area contributed by atoms with Crippen LogP contribution in [0.1, 0.15) is 17.4 Å². The molecule has 1 aromatic rings. The molecule has 3 amide bonds. The Kier molecular flexibility index (Phi) is 4.13. The second kappa shape index (κ2) is 5.57. The molecule has 0 unspecified atom stereocenters. The second-order valence-corrected chi connectivity index (χ2v) is 3.19. The molecular weight excluding hydrogens is 242 g/mol. The molecule has 1 atom stereocenters. The molecule has 0 aliphatic heterocycles. The van der Waals surface area contributed by atoms with E-state index in [4.69, 9.17) is 16.2 Å².